The second-order valence-corrected chi connectivity index (χ2v) is 4.93. The van der Waals surface area contributed by atoms with Gasteiger partial charge in [-0.3, -0.25) is 4.79 Å². The SMILES string of the molecule is O=C1Nc2ccc(C(F)(F)F)cc2[C@@H]2CCC[C@@H]12. The van der Waals surface area contributed by atoms with Crippen molar-refractivity contribution in [2.75, 3.05) is 5.32 Å². The van der Waals surface area contributed by atoms with Crippen molar-refractivity contribution in [3.63, 3.8) is 0 Å². The lowest BCUT2D eigenvalue weighted by Gasteiger charge is -2.28. The van der Waals surface area contributed by atoms with E-state index in [4.69, 9.17) is 0 Å². The number of hydrogen-bond acceptors (Lipinski definition) is 1. The van der Waals surface area contributed by atoms with E-state index in [0.717, 1.165) is 25.3 Å². The molecule has 1 N–H and O–H groups in total. The fraction of sp³-hybridized carbons (Fsp3) is 0.462. The van der Waals surface area contributed by atoms with Gasteiger partial charge < -0.3 is 5.32 Å². The maximum absolute atomic E-state index is 12.7. The Balaban J connectivity index is 2.08. The van der Waals surface area contributed by atoms with Crippen molar-refractivity contribution >= 4 is 11.6 Å². The lowest BCUT2D eigenvalue weighted by molar-refractivity contribution is -0.137. The van der Waals surface area contributed by atoms with Crippen LogP contribution in [0.15, 0.2) is 18.2 Å². The van der Waals surface area contributed by atoms with Gasteiger partial charge in [0.15, 0.2) is 0 Å². The Morgan fingerprint density at radius 1 is 1.17 bits per heavy atom. The van der Waals surface area contributed by atoms with Gasteiger partial charge in [0.1, 0.15) is 0 Å². The van der Waals surface area contributed by atoms with Crippen LogP contribution in [0.1, 0.15) is 36.3 Å². The van der Waals surface area contributed by atoms with Crippen molar-refractivity contribution in [1.82, 2.24) is 0 Å². The Labute approximate surface area is 102 Å². The lowest BCUT2D eigenvalue weighted by Crippen LogP contribution is -2.30. The van der Waals surface area contributed by atoms with Gasteiger partial charge in [0.25, 0.3) is 0 Å². The molecule has 2 atom stereocenters. The molecule has 0 saturated heterocycles. The van der Waals surface area contributed by atoms with E-state index in [1.54, 1.807) is 0 Å². The molecular weight excluding hydrogens is 243 g/mol. The third-order valence-electron chi connectivity index (χ3n) is 3.89. The minimum atomic E-state index is -4.33. The van der Waals surface area contributed by atoms with E-state index in [-0.39, 0.29) is 17.7 Å². The van der Waals surface area contributed by atoms with Crippen molar-refractivity contribution in [2.45, 2.75) is 31.4 Å². The van der Waals surface area contributed by atoms with Gasteiger partial charge in [-0.05, 0) is 42.5 Å². The van der Waals surface area contributed by atoms with Gasteiger partial charge in [-0.15, -0.1) is 0 Å². The third kappa shape index (κ3) is 1.69. The summed E-state index contributed by atoms with van der Waals surface area (Å²) in [6.07, 6.45) is -1.86. The predicted octanol–water partition coefficient (Wildman–Crippen LogP) is 3.54. The van der Waals surface area contributed by atoms with E-state index in [1.807, 2.05) is 0 Å². The molecule has 1 heterocycles. The lowest BCUT2D eigenvalue weighted by atomic mass is 9.83. The molecule has 1 aromatic carbocycles. The molecular formula is C13H12F3NO. The number of carbonyl (C=O) groups excluding carboxylic acids is 1. The number of halogens is 3. The molecule has 1 aromatic rings. The maximum atomic E-state index is 12.7. The van der Waals surface area contributed by atoms with Crippen LogP contribution < -0.4 is 5.32 Å². The Morgan fingerprint density at radius 3 is 2.61 bits per heavy atom. The molecule has 1 aliphatic carbocycles. The van der Waals surface area contributed by atoms with Gasteiger partial charge in [0, 0.05) is 11.6 Å². The molecule has 2 nitrogen and oxygen atoms in total. The van der Waals surface area contributed by atoms with E-state index in [9.17, 15) is 18.0 Å². The summed E-state index contributed by atoms with van der Waals surface area (Å²) < 4.78 is 38.1. The zero-order chi connectivity index (χ0) is 12.9. The molecule has 96 valence electrons. The van der Waals surface area contributed by atoms with Gasteiger partial charge in [0.05, 0.1) is 5.56 Å². The van der Waals surface area contributed by atoms with Crippen LogP contribution in [-0.4, -0.2) is 5.91 Å². The summed E-state index contributed by atoms with van der Waals surface area (Å²) in [6.45, 7) is 0. The molecule has 1 saturated carbocycles. The van der Waals surface area contributed by atoms with Crippen LogP contribution in [-0.2, 0) is 11.0 Å². The summed E-state index contributed by atoms with van der Waals surface area (Å²) in [4.78, 5) is 11.8. The van der Waals surface area contributed by atoms with E-state index < -0.39 is 11.7 Å². The molecule has 1 fully saturated rings. The largest absolute Gasteiger partial charge is 0.416 e. The number of hydrogen-bond donors (Lipinski definition) is 1. The van der Waals surface area contributed by atoms with Crippen LogP contribution in [0.25, 0.3) is 0 Å². The van der Waals surface area contributed by atoms with E-state index in [0.29, 0.717) is 11.3 Å². The van der Waals surface area contributed by atoms with Crippen LogP contribution in [0.3, 0.4) is 0 Å². The minimum Gasteiger partial charge on any atom is -0.326 e. The average Bonchev–Trinajstić information content (AvgIpc) is 2.77. The monoisotopic (exact) mass is 255 g/mol. The number of anilines is 1. The van der Waals surface area contributed by atoms with Crippen LogP contribution in [0.4, 0.5) is 18.9 Å². The van der Waals surface area contributed by atoms with Crippen LogP contribution in [0.5, 0.6) is 0 Å². The molecule has 0 spiro atoms. The molecule has 0 radical (unpaired) electrons. The summed E-state index contributed by atoms with van der Waals surface area (Å²) >= 11 is 0. The van der Waals surface area contributed by atoms with Crippen molar-refractivity contribution in [3.05, 3.63) is 29.3 Å². The fourth-order valence-electron chi connectivity index (χ4n) is 3.03. The van der Waals surface area contributed by atoms with Crippen LogP contribution in [0, 0.1) is 5.92 Å². The number of carbonyl (C=O) groups is 1. The van der Waals surface area contributed by atoms with Crippen LogP contribution >= 0.6 is 0 Å². The van der Waals surface area contributed by atoms with Crippen molar-refractivity contribution in [2.24, 2.45) is 5.92 Å². The van der Waals surface area contributed by atoms with E-state index in [1.165, 1.54) is 12.1 Å². The predicted molar refractivity (Wildman–Crippen MR) is 60.2 cm³/mol. The summed E-state index contributed by atoms with van der Waals surface area (Å²) in [6, 6.07) is 3.58. The number of amides is 1. The van der Waals surface area contributed by atoms with Gasteiger partial charge in [-0.1, -0.05) is 6.42 Å². The number of alkyl halides is 3. The third-order valence-corrected chi connectivity index (χ3v) is 3.89. The van der Waals surface area contributed by atoms with Gasteiger partial charge in [-0.25, -0.2) is 0 Å². The number of nitrogens with one attached hydrogen (secondary N) is 1. The molecule has 3 rings (SSSR count). The maximum Gasteiger partial charge on any atom is 0.416 e. The first-order valence-electron chi connectivity index (χ1n) is 5.99. The second-order valence-electron chi connectivity index (χ2n) is 4.93. The molecule has 0 aromatic heterocycles. The highest BCUT2D eigenvalue weighted by atomic mass is 19.4. The highest BCUT2D eigenvalue weighted by Gasteiger charge is 2.40. The first-order chi connectivity index (χ1) is 8.47. The highest BCUT2D eigenvalue weighted by Crippen LogP contribution is 2.47. The first kappa shape index (κ1) is 11.6. The molecule has 1 amide bonds. The van der Waals surface area contributed by atoms with Gasteiger partial charge in [-0.2, -0.15) is 13.2 Å². The summed E-state index contributed by atoms with van der Waals surface area (Å²) in [5.41, 5.74) is 0.547. The normalized spacial score (nSPS) is 26.5. The Morgan fingerprint density at radius 2 is 1.89 bits per heavy atom. The number of fused-ring (bicyclic) bond motifs is 3. The molecule has 2 aliphatic rings. The fourth-order valence-corrected chi connectivity index (χ4v) is 3.03. The summed E-state index contributed by atoms with van der Waals surface area (Å²) in [5.74, 6) is -0.248. The first-order valence-corrected chi connectivity index (χ1v) is 5.99. The number of rotatable bonds is 0. The quantitative estimate of drug-likeness (QED) is 0.754. The van der Waals surface area contributed by atoms with Crippen molar-refractivity contribution < 1.29 is 18.0 Å². The van der Waals surface area contributed by atoms with Gasteiger partial charge in [0.2, 0.25) is 5.91 Å². The second kappa shape index (κ2) is 3.73. The molecule has 18 heavy (non-hydrogen) atoms. The van der Waals surface area contributed by atoms with Crippen LogP contribution in [0.2, 0.25) is 0 Å². The van der Waals surface area contributed by atoms with E-state index in [2.05, 4.69) is 5.32 Å². The standard InChI is InChI=1S/C13H12F3NO/c14-13(15,16)7-4-5-11-10(6-7)8-2-1-3-9(8)12(18)17-11/h4-6,8-9H,1-3H2,(H,17,18)/t8-,9-/m1/s1. The minimum absolute atomic E-state index is 0.0453. The van der Waals surface area contributed by atoms with E-state index >= 15 is 0 Å². The van der Waals surface area contributed by atoms with Crippen molar-refractivity contribution in [1.29, 1.82) is 0 Å². The molecule has 0 unspecified atom stereocenters. The molecule has 5 heteroatoms. The zero-order valence-electron chi connectivity index (χ0n) is 9.55. The summed E-state index contributed by atoms with van der Waals surface area (Å²) in [7, 11) is 0. The smallest absolute Gasteiger partial charge is 0.326 e. The Kier molecular flexibility index (Phi) is 2.40. The zero-order valence-corrected chi connectivity index (χ0v) is 9.55. The number of benzene rings is 1. The topological polar surface area (TPSA) is 29.1 Å². The molecule has 0 bridgehead atoms. The van der Waals surface area contributed by atoms with Gasteiger partial charge >= 0.3 is 6.18 Å². The Bertz CT molecular complexity index is 509. The average molecular weight is 255 g/mol. The summed E-state index contributed by atoms with van der Waals surface area (Å²) in [5, 5.41) is 2.70. The highest BCUT2D eigenvalue weighted by molar-refractivity contribution is 5.97. The molecule has 1 aliphatic heterocycles. The van der Waals surface area contributed by atoms with Crippen molar-refractivity contribution in [3.8, 4) is 0 Å². The Hall–Kier alpha value is -1.52.